The van der Waals surface area contributed by atoms with Gasteiger partial charge < -0.3 is 23.7 Å². The molecule has 0 saturated heterocycles. The Morgan fingerprint density at radius 2 is 2.00 bits per heavy atom. The zero-order valence-electron chi connectivity index (χ0n) is 10.7. The molecule has 1 aliphatic heterocycles. The molecule has 0 bridgehead atoms. The average Bonchev–Trinajstić information content (AvgIpc) is 2.81. The first-order valence-corrected chi connectivity index (χ1v) is 5.49. The van der Waals surface area contributed by atoms with Crippen molar-refractivity contribution in [2.24, 2.45) is 0 Å². The maximum absolute atomic E-state index is 5.62. The van der Waals surface area contributed by atoms with Crippen LogP contribution < -0.4 is 23.7 Å². The van der Waals surface area contributed by atoms with Gasteiger partial charge in [0.25, 0.3) is 0 Å². The molecule has 0 aromatic heterocycles. The molecule has 1 aromatic rings. The van der Waals surface area contributed by atoms with Crippen molar-refractivity contribution >= 4 is 0 Å². The summed E-state index contributed by atoms with van der Waals surface area (Å²) in [5.41, 5.74) is 0.911. The van der Waals surface area contributed by atoms with E-state index in [1.165, 1.54) is 0 Å². The molecule has 1 aliphatic rings. The smallest absolute Gasteiger partial charge is 0.231 e. The van der Waals surface area contributed by atoms with Crippen LogP contribution in [-0.2, 0) is 0 Å². The van der Waals surface area contributed by atoms with Crippen LogP contribution >= 0.6 is 0 Å². The molecule has 0 atom stereocenters. The SMILES string of the molecule is C=C(C)COc1cc2c(c(OC)c1OC)OCO2. The molecule has 0 saturated carbocycles. The molecule has 0 unspecified atom stereocenters. The number of rotatable bonds is 5. The molecular formula is C13H16O5. The third-order valence-corrected chi connectivity index (χ3v) is 2.42. The summed E-state index contributed by atoms with van der Waals surface area (Å²) in [6.07, 6.45) is 0. The van der Waals surface area contributed by atoms with Gasteiger partial charge in [0.15, 0.2) is 11.5 Å². The number of hydrogen-bond donors (Lipinski definition) is 0. The fraction of sp³-hybridized carbons (Fsp3) is 0.385. The molecule has 1 aromatic carbocycles. The molecule has 0 N–H and O–H groups in total. The summed E-state index contributed by atoms with van der Waals surface area (Å²) in [5, 5.41) is 0. The van der Waals surface area contributed by atoms with Crippen molar-refractivity contribution in [3.05, 3.63) is 18.2 Å². The van der Waals surface area contributed by atoms with E-state index in [1.54, 1.807) is 20.3 Å². The maximum atomic E-state index is 5.62. The second-order valence-corrected chi connectivity index (χ2v) is 3.92. The van der Waals surface area contributed by atoms with Crippen LogP contribution in [-0.4, -0.2) is 27.6 Å². The molecule has 1 heterocycles. The van der Waals surface area contributed by atoms with E-state index in [0.29, 0.717) is 35.4 Å². The fourth-order valence-electron chi connectivity index (χ4n) is 1.66. The second kappa shape index (κ2) is 5.08. The first-order valence-electron chi connectivity index (χ1n) is 5.49. The zero-order chi connectivity index (χ0) is 13.1. The molecule has 0 aliphatic carbocycles. The van der Waals surface area contributed by atoms with Gasteiger partial charge in [-0.2, -0.15) is 0 Å². The largest absolute Gasteiger partial charge is 0.490 e. The van der Waals surface area contributed by atoms with Crippen LogP contribution in [0.4, 0.5) is 0 Å². The summed E-state index contributed by atoms with van der Waals surface area (Å²) >= 11 is 0. The Bertz CT molecular complexity index is 467. The van der Waals surface area contributed by atoms with Crippen LogP contribution in [0.5, 0.6) is 28.7 Å². The highest BCUT2D eigenvalue weighted by Gasteiger charge is 2.26. The van der Waals surface area contributed by atoms with E-state index in [4.69, 9.17) is 23.7 Å². The Kier molecular flexibility index (Phi) is 3.50. The number of benzene rings is 1. The Balaban J connectivity index is 2.42. The first-order chi connectivity index (χ1) is 8.67. The minimum atomic E-state index is 0.165. The van der Waals surface area contributed by atoms with E-state index >= 15 is 0 Å². The summed E-state index contributed by atoms with van der Waals surface area (Å²) in [4.78, 5) is 0. The van der Waals surface area contributed by atoms with Crippen molar-refractivity contribution in [3.8, 4) is 28.7 Å². The van der Waals surface area contributed by atoms with Crippen molar-refractivity contribution in [2.75, 3.05) is 27.6 Å². The molecule has 0 radical (unpaired) electrons. The van der Waals surface area contributed by atoms with Crippen molar-refractivity contribution < 1.29 is 23.7 Å². The van der Waals surface area contributed by atoms with Crippen LogP contribution in [0.3, 0.4) is 0 Å². The molecule has 0 spiro atoms. The van der Waals surface area contributed by atoms with E-state index < -0.39 is 0 Å². The van der Waals surface area contributed by atoms with Gasteiger partial charge in [0.05, 0.1) is 14.2 Å². The maximum Gasteiger partial charge on any atom is 0.231 e. The van der Waals surface area contributed by atoms with Gasteiger partial charge in [0, 0.05) is 6.07 Å². The number of ether oxygens (including phenoxy) is 5. The lowest BCUT2D eigenvalue weighted by atomic mass is 10.2. The molecule has 2 rings (SSSR count). The molecule has 98 valence electrons. The third-order valence-electron chi connectivity index (χ3n) is 2.42. The van der Waals surface area contributed by atoms with Crippen molar-refractivity contribution in [3.63, 3.8) is 0 Å². The summed E-state index contributed by atoms with van der Waals surface area (Å²) < 4.78 is 26.9. The van der Waals surface area contributed by atoms with E-state index in [1.807, 2.05) is 6.92 Å². The Hall–Kier alpha value is -2.04. The Morgan fingerprint density at radius 3 is 2.61 bits per heavy atom. The zero-order valence-corrected chi connectivity index (χ0v) is 10.7. The normalized spacial score (nSPS) is 12.2. The van der Waals surface area contributed by atoms with Gasteiger partial charge >= 0.3 is 0 Å². The van der Waals surface area contributed by atoms with Crippen LogP contribution in [0.1, 0.15) is 6.92 Å². The van der Waals surface area contributed by atoms with Crippen LogP contribution in [0, 0.1) is 0 Å². The van der Waals surface area contributed by atoms with Gasteiger partial charge in [-0.15, -0.1) is 0 Å². The van der Waals surface area contributed by atoms with Gasteiger partial charge in [0.2, 0.25) is 24.0 Å². The first kappa shape index (κ1) is 12.4. The Morgan fingerprint density at radius 1 is 1.28 bits per heavy atom. The minimum absolute atomic E-state index is 0.165. The molecule has 0 fully saturated rings. The summed E-state index contributed by atoms with van der Waals surface area (Å²) in [7, 11) is 3.09. The summed E-state index contributed by atoms with van der Waals surface area (Å²) in [6.45, 7) is 6.24. The third kappa shape index (κ3) is 2.16. The quantitative estimate of drug-likeness (QED) is 0.753. The van der Waals surface area contributed by atoms with Crippen LogP contribution in [0.2, 0.25) is 0 Å². The fourth-order valence-corrected chi connectivity index (χ4v) is 1.66. The van der Waals surface area contributed by atoms with Crippen LogP contribution in [0.25, 0.3) is 0 Å². The lowest BCUT2D eigenvalue weighted by Gasteiger charge is -2.15. The van der Waals surface area contributed by atoms with E-state index in [0.717, 1.165) is 5.57 Å². The molecule has 5 heteroatoms. The van der Waals surface area contributed by atoms with E-state index in [9.17, 15) is 0 Å². The lowest BCUT2D eigenvalue weighted by molar-refractivity contribution is 0.170. The van der Waals surface area contributed by atoms with Crippen molar-refractivity contribution in [1.82, 2.24) is 0 Å². The highest BCUT2D eigenvalue weighted by Crippen LogP contribution is 2.52. The lowest BCUT2D eigenvalue weighted by Crippen LogP contribution is -2.01. The predicted octanol–water partition coefficient (Wildman–Crippen LogP) is 2.39. The van der Waals surface area contributed by atoms with E-state index in [-0.39, 0.29) is 6.79 Å². The van der Waals surface area contributed by atoms with Gasteiger partial charge in [0.1, 0.15) is 6.61 Å². The monoisotopic (exact) mass is 252 g/mol. The molecular weight excluding hydrogens is 236 g/mol. The van der Waals surface area contributed by atoms with Gasteiger partial charge in [-0.1, -0.05) is 6.58 Å². The standard InChI is InChI=1S/C13H16O5/c1-8(2)6-16-9-5-10-12(18-7-17-10)13(15-4)11(9)14-3/h5H,1,6-7H2,2-4H3. The number of methoxy groups -OCH3 is 2. The van der Waals surface area contributed by atoms with Gasteiger partial charge in [-0.25, -0.2) is 0 Å². The van der Waals surface area contributed by atoms with Gasteiger partial charge in [-0.05, 0) is 12.5 Å². The van der Waals surface area contributed by atoms with Crippen LogP contribution in [0.15, 0.2) is 18.2 Å². The number of hydrogen-bond acceptors (Lipinski definition) is 5. The average molecular weight is 252 g/mol. The topological polar surface area (TPSA) is 46.2 Å². The second-order valence-electron chi connectivity index (χ2n) is 3.92. The summed E-state index contributed by atoms with van der Waals surface area (Å²) in [5.74, 6) is 2.63. The number of fused-ring (bicyclic) bond motifs is 1. The minimum Gasteiger partial charge on any atom is -0.490 e. The van der Waals surface area contributed by atoms with Crippen molar-refractivity contribution in [1.29, 1.82) is 0 Å². The summed E-state index contributed by atoms with van der Waals surface area (Å²) in [6, 6.07) is 1.73. The molecule has 0 amide bonds. The van der Waals surface area contributed by atoms with Crippen molar-refractivity contribution in [2.45, 2.75) is 6.92 Å². The molecule has 5 nitrogen and oxygen atoms in total. The Labute approximate surface area is 106 Å². The van der Waals surface area contributed by atoms with Gasteiger partial charge in [-0.3, -0.25) is 0 Å². The molecule has 18 heavy (non-hydrogen) atoms. The highest BCUT2D eigenvalue weighted by atomic mass is 16.7. The highest BCUT2D eigenvalue weighted by molar-refractivity contribution is 5.66. The predicted molar refractivity (Wildman–Crippen MR) is 66.0 cm³/mol. The van der Waals surface area contributed by atoms with E-state index in [2.05, 4.69) is 6.58 Å².